The third-order valence-electron chi connectivity index (χ3n) is 2.77. The van der Waals surface area contributed by atoms with Crippen molar-refractivity contribution in [1.82, 2.24) is 0 Å². The molecule has 0 bridgehead atoms. The van der Waals surface area contributed by atoms with E-state index in [0.717, 1.165) is 31.7 Å². The molecule has 0 heterocycles. The molecule has 0 aliphatic heterocycles. The summed E-state index contributed by atoms with van der Waals surface area (Å²) in [5.41, 5.74) is 0.362. The average Bonchev–Trinajstić information content (AvgIpc) is 2.30. The molecule has 0 saturated heterocycles. The van der Waals surface area contributed by atoms with E-state index in [1.807, 2.05) is 0 Å². The zero-order valence-corrected chi connectivity index (χ0v) is 11.8. The van der Waals surface area contributed by atoms with E-state index < -0.39 is 11.6 Å². The van der Waals surface area contributed by atoms with E-state index in [4.69, 9.17) is 0 Å². The Hall–Kier alpha value is -0.640. The molecular formula is C13H18BrF2N. The van der Waals surface area contributed by atoms with Crippen molar-refractivity contribution in [3.63, 3.8) is 0 Å². The summed E-state index contributed by atoms with van der Waals surface area (Å²) in [4.78, 5) is 0. The van der Waals surface area contributed by atoms with Crippen LogP contribution in [-0.4, -0.2) is 6.04 Å². The van der Waals surface area contributed by atoms with Gasteiger partial charge in [0.15, 0.2) is 0 Å². The minimum Gasteiger partial charge on any atom is -0.380 e. The third kappa shape index (κ3) is 4.26. The summed E-state index contributed by atoms with van der Waals surface area (Å²) in [6.07, 6.45) is 4.15. The SMILES string of the molecule is CCCCC(CC)Nc1cc(Br)c(F)cc1F. The second-order valence-electron chi connectivity index (χ2n) is 4.14. The minimum absolute atomic E-state index is 0.238. The molecule has 1 rings (SSSR count). The number of nitrogens with one attached hydrogen (secondary N) is 1. The van der Waals surface area contributed by atoms with Crippen LogP contribution in [0.2, 0.25) is 0 Å². The Morgan fingerprint density at radius 2 is 1.94 bits per heavy atom. The highest BCUT2D eigenvalue weighted by molar-refractivity contribution is 9.10. The molecule has 17 heavy (non-hydrogen) atoms. The number of hydrogen-bond donors (Lipinski definition) is 1. The van der Waals surface area contributed by atoms with Crippen molar-refractivity contribution in [3.8, 4) is 0 Å². The summed E-state index contributed by atoms with van der Waals surface area (Å²) >= 11 is 3.06. The summed E-state index contributed by atoms with van der Waals surface area (Å²) in [6, 6.07) is 2.60. The normalized spacial score (nSPS) is 12.5. The van der Waals surface area contributed by atoms with Crippen molar-refractivity contribution in [1.29, 1.82) is 0 Å². The van der Waals surface area contributed by atoms with E-state index in [1.54, 1.807) is 0 Å². The molecule has 0 aromatic heterocycles. The van der Waals surface area contributed by atoms with Gasteiger partial charge in [-0.3, -0.25) is 0 Å². The monoisotopic (exact) mass is 305 g/mol. The van der Waals surface area contributed by atoms with Gasteiger partial charge in [-0.15, -0.1) is 0 Å². The highest BCUT2D eigenvalue weighted by atomic mass is 79.9. The molecular weight excluding hydrogens is 288 g/mol. The largest absolute Gasteiger partial charge is 0.380 e. The summed E-state index contributed by atoms with van der Waals surface area (Å²) in [5.74, 6) is -1.12. The molecule has 1 aromatic carbocycles. The Labute approximate surface area is 110 Å². The molecule has 0 aliphatic carbocycles. The van der Waals surface area contributed by atoms with Crippen LogP contribution in [0.25, 0.3) is 0 Å². The first kappa shape index (κ1) is 14.4. The maximum atomic E-state index is 13.5. The fourth-order valence-electron chi connectivity index (χ4n) is 1.68. The zero-order valence-electron chi connectivity index (χ0n) is 10.2. The Bertz CT molecular complexity index is 369. The molecule has 1 atom stereocenters. The van der Waals surface area contributed by atoms with E-state index in [1.165, 1.54) is 6.07 Å². The van der Waals surface area contributed by atoms with Crippen LogP contribution in [0.3, 0.4) is 0 Å². The number of unbranched alkanes of at least 4 members (excludes halogenated alkanes) is 1. The van der Waals surface area contributed by atoms with Crippen LogP contribution >= 0.6 is 15.9 Å². The summed E-state index contributed by atoms with van der Waals surface area (Å²) in [5, 5.41) is 3.13. The van der Waals surface area contributed by atoms with Gasteiger partial charge in [-0.05, 0) is 34.8 Å². The second kappa shape index (κ2) is 6.94. The van der Waals surface area contributed by atoms with Crippen molar-refractivity contribution in [2.45, 2.75) is 45.6 Å². The van der Waals surface area contributed by atoms with Crippen molar-refractivity contribution in [2.24, 2.45) is 0 Å². The summed E-state index contributed by atoms with van der Waals surface area (Å²) in [7, 11) is 0. The van der Waals surface area contributed by atoms with Crippen molar-refractivity contribution in [3.05, 3.63) is 28.2 Å². The Kier molecular flexibility index (Phi) is 5.89. The molecule has 1 nitrogen and oxygen atoms in total. The molecule has 1 aromatic rings. The summed E-state index contributed by atoms with van der Waals surface area (Å²) < 4.78 is 26.9. The molecule has 0 amide bonds. The van der Waals surface area contributed by atoms with Gasteiger partial charge >= 0.3 is 0 Å². The van der Waals surface area contributed by atoms with E-state index >= 15 is 0 Å². The first-order valence-electron chi connectivity index (χ1n) is 5.99. The highest BCUT2D eigenvalue weighted by Crippen LogP contribution is 2.25. The molecule has 0 spiro atoms. The van der Waals surface area contributed by atoms with Gasteiger partial charge in [0.2, 0.25) is 0 Å². The van der Waals surface area contributed by atoms with E-state index in [2.05, 4.69) is 35.1 Å². The predicted octanol–water partition coefficient (Wildman–Crippen LogP) is 5.11. The molecule has 0 fully saturated rings. The van der Waals surface area contributed by atoms with Crippen LogP contribution in [0, 0.1) is 11.6 Å². The van der Waals surface area contributed by atoms with Crippen LogP contribution in [0.15, 0.2) is 16.6 Å². The van der Waals surface area contributed by atoms with Crippen LogP contribution in [0.1, 0.15) is 39.5 Å². The highest BCUT2D eigenvalue weighted by Gasteiger charge is 2.11. The molecule has 0 saturated carbocycles. The fourth-order valence-corrected chi connectivity index (χ4v) is 2.03. The number of rotatable bonds is 6. The van der Waals surface area contributed by atoms with Crippen LogP contribution in [0.5, 0.6) is 0 Å². The quantitative estimate of drug-likeness (QED) is 0.720. The average molecular weight is 306 g/mol. The molecule has 1 N–H and O–H groups in total. The lowest BCUT2D eigenvalue weighted by molar-refractivity contribution is 0.565. The Balaban J connectivity index is 2.75. The molecule has 1 unspecified atom stereocenters. The van der Waals surface area contributed by atoms with Gasteiger partial charge in [0.1, 0.15) is 11.6 Å². The Morgan fingerprint density at radius 3 is 2.53 bits per heavy atom. The number of hydrogen-bond acceptors (Lipinski definition) is 1. The molecule has 96 valence electrons. The van der Waals surface area contributed by atoms with Gasteiger partial charge in [0.25, 0.3) is 0 Å². The lowest BCUT2D eigenvalue weighted by atomic mass is 10.1. The second-order valence-corrected chi connectivity index (χ2v) is 4.99. The van der Waals surface area contributed by atoms with E-state index in [-0.39, 0.29) is 10.5 Å². The smallest absolute Gasteiger partial charge is 0.149 e. The first-order chi connectivity index (χ1) is 8.08. The number of halogens is 3. The summed E-state index contributed by atoms with van der Waals surface area (Å²) in [6.45, 7) is 4.19. The van der Waals surface area contributed by atoms with Gasteiger partial charge < -0.3 is 5.32 Å². The standard InChI is InChI=1S/C13H18BrF2N/c1-3-5-6-9(4-2)17-13-7-10(14)11(15)8-12(13)16/h7-9,17H,3-6H2,1-2H3. The van der Waals surface area contributed by atoms with Crippen molar-refractivity contribution in [2.75, 3.05) is 5.32 Å². The van der Waals surface area contributed by atoms with Crippen molar-refractivity contribution >= 4 is 21.6 Å². The lowest BCUT2D eigenvalue weighted by Crippen LogP contribution is -2.19. The van der Waals surface area contributed by atoms with Gasteiger partial charge in [0.05, 0.1) is 10.2 Å². The first-order valence-corrected chi connectivity index (χ1v) is 6.78. The number of anilines is 1. The number of benzene rings is 1. The van der Waals surface area contributed by atoms with Gasteiger partial charge in [-0.25, -0.2) is 8.78 Å². The third-order valence-corrected chi connectivity index (χ3v) is 3.38. The molecule has 0 aliphatic rings. The topological polar surface area (TPSA) is 12.0 Å². The maximum Gasteiger partial charge on any atom is 0.149 e. The fraction of sp³-hybridized carbons (Fsp3) is 0.538. The molecule has 0 radical (unpaired) electrons. The van der Waals surface area contributed by atoms with Crippen LogP contribution < -0.4 is 5.32 Å². The van der Waals surface area contributed by atoms with Gasteiger partial charge in [-0.2, -0.15) is 0 Å². The predicted molar refractivity (Wildman–Crippen MR) is 71.3 cm³/mol. The zero-order chi connectivity index (χ0) is 12.8. The maximum absolute atomic E-state index is 13.5. The lowest BCUT2D eigenvalue weighted by Gasteiger charge is -2.18. The van der Waals surface area contributed by atoms with Gasteiger partial charge in [0, 0.05) is 12.1 Å². The van der Waals surface area contributed by atoms with Crippen LogP contribution in [-0.2, 0) is 0 Å². The van der Waals surface area contributed by atoms with Gasteiger partial charge in [-0.1, -0.05) is 26.7 Å². The molecule has 4 heteroatoms. The Morgan fingerprint density at radius 1 is 1.24 bits per heavy atom. The van der Waals surface area contributed by atoms with Crippen LogP contribution in [0.4, 0.5) is 14.5 Å². The van der Waals surface area contributed by atoms with Crippen molar-refractivity contribution < 1.29 is 8.78 Å². The van der Waals surface area contributed by atoms with E-state index in [9.17, 15) is 8.78 Å². The minimum atomic E-state index is -0.574. The van der Waals surface area contributed by atoms with E-state index in [0.29, 0.717) is 5.69 Å².